The Balaban J connectivity index is 2.16. The fourth-order valence-electron chi connectivity index (χ4n) is 0.906. The topological polar surface area (TPSA) is 0 Å². The van der Waals surface area contributed by atoms with Gasteiger partial charge in [-0.25, -0.2) is 0 Å². The van der Waals surface area contributed by atoms with Crippen LogP contribution in [0.5, 0.6) is 0 Å². The standard InChI is InChI=1S/C7H12S/c1-2-4-7-5-3-6-8-7/h3,5,7H,2,4,6H2,1H3. The van der Waals surface area contributed by atoms with Crippen LogP contribution in [0.1, 0.15) is 19.8 Å². The largest absolute Gasteiger partial charge is 0.150 e. The van der Waals surface area contributed by atoms with Gasteiger partial charge in [-0.05, 0) is 6.42 Å². The van der Waals surface area contributed by atoms with Crippen LogP contribution in [0.4, 0.5) is 0 Å². The molecule has 0 radical (unpaired) electrons. The summed E-state index contributed by atoms with van der Waals surface area (Å²) in [6.45, 7) is 2.24. The van der Waals surface area contributed by atoms with Gasteiger partial charge in [-0.3, -0.25) is 0 Å². The first kappa shape index (κ1) is 6.21. The molecule has 0 aromatic carbocycles. The van der Waals surface area contributed by atoms with Gasteiger partial charge in [0.05, 0.1) is 0 Å². The van der Waals surface area contributed by atoms with Crippen LogP contribution in [0.15, 0.2) is 12.2 Å². The molecule has 0 saturated carbocycles. The van der Waals surface area contributed by atoms with Gasteiger partial charge < -0.3 is 0 Å². The lowest BCUT2D eigenvalue weighted by atomic mass is 10.2. The molecule has 0 amide bonds. The Morgan fingerprint density at radius 3 is 3.12 bits per heavy atom. The summed E-state index contributed by atoms with van der Waals surface area (Å²) in [6, 6.07) is 0. The number of thioether (sulfide) groups is 1. The average Bonchev–Trinajstić information content (AvgIpc) is 2.19. The first-order valence-electron chi connectivity index (χ1n) is 3.21. The molecule has 0 bridgehead atoms. The zero-order valence-electron chi connectivity index (χ0n) is 5.26. The Morgan fingerprint density at radius 1 is 1.75 bits per heavy atom. The van der Waals surface area contributed by atoms with E-state index in [1.165, 1.54) is 18.6 Å². The zero-order valence-corrected chi connectivity index (χ0v) is 6.08. The van der Waals surface area contributed by atoms with E-state index in [2.05, 4.69) is 30.8 Å². The van der Waals surface area contributed by atoms with E-state index in [-0.39, 0.29) is 0 Å². The fourth-order valence-corrected chi connectivity index (χ4v) is 2.00. The van der Waals surface area contributed by atoms with Crippen LogP contribution < -0.4 is 0 Å². The maximum absolute atomic E-state index is 2.33. The predicted octanol–water partition coefficient (Wildman–Crippen LogP) is 2.46. The van der Waals surface area contributed by atoms with Crippen molar-refractivity contribution in [2.75, 3.05) is 5.75 Å². The molecular weight excluding hydrogens is 116 g/mol. The van der Waals surface area contributed by atoms with Crippen LogP contribution in [0.25, 0.3) is 0 Å². The Bertz CT molecular complexity index is 86.4. The van der Waals surface area contributed by atoms with E-state index in [4.69, 9.17) is 0 Å². The molecular formula is C7H12S. The van der Waals surface area contributed by atoms with E-state index in [9.17, 15) is 0 Å². The van der Waals surface area contributed by atoms with Crippen molar-refractivity contribution in [1.29, 1.82) is 0 Å². The molecule has 0 aromatic rings. The molecule has 8 heavy (non-hydrogen) atoms. The van der Waals surface area contributed by atoms with Gasteiger partial charge in [-0.1, -0.05) is 25.5 Å². The highest BCUT2D eigenvalue weighted by Crippen LogP contribution is 2.22. The van der Waals surface area contributed by atoms with Gasteiger partial charge in [0, 0.05) is 11.0 Å². The van der Waals surface area contributed by atoms with Gasteiger partial charge in [-0.2, -0.15) is 11.8 Å². The highest BCUT2D eigenvalue weighted by molar-refractivity contribution is 8.00. The van der Waals surface area contributed by atoms with E-state index in [0.29, 0.717) is 0 Å². The first-order chi connectivity index (χ1) is 3.93. The number of hydrogen-bond donors (Lipinski definition) is 0. The highest BCUT2D eigenvalue weighted by atomic mass is 32.2. The van der Waals surface area contributed by atoms with Crippen molar-refractivity contribution >= 4 is 11.8 Å². The quantitative estimate of drug-likeness (QED) is 0.515. The van der Waals surface area contributed by atoms with Gasteiger partial charge in [0.25, 0.3) is 0 Å². The monoisotopic (exact) mass is 128 g/mol. The second-order valence-electron chi connectivity index (χ2n) is 2.09. The van der Waals surface area contributed by atoms with E-state index in [1.807, 2.05) is 0 Å². The van der Waals surface area contributed by atoms with Crippen LogP contribution in [0.3, 0.4) is 0 Å². The van der Waals surface area contributed by atoms with Crippen molar-refractivity contribution < 1.29 is 0 Å². The Kier molecular flexibility index (Phi) is 2.47. The summed E-state index contributed by atoms with van der Waals surface area (Å²) in [6.07, 6.45) is 7.28. The third-order valence-corrected chi connectivity index (χ3v) is 2.54. The Morgan fingerprint density at radius 2 is 2.62 bits per heavy atom. The van der Waals surface area contributed by atoms with Crippen LogP contribution in [-0.2, 0) is 0 Å². The molecule has 0 saturated heterocycles. The van der Waals surface area contributed by atoms with Crippen LogP contribution in [-0.4, -0.2) is 11.0 Å². The maximum atomic E-state index is 2.33. The van der Waals surface area contributed by atoms with Crippen LogP contribution >= 0.6 is 11.8 Å². The molecule has 0 aliphatic carbocycles. The van der Waals surface area contributed by atoms with E-state index in [1.54, 1.807) is 0 Å². The number of hydrogen-bond acceptors (Lipinski definition) is 1. The first-order valence-corrected chi connectivity index (χ1v) is 4.26. The van der Waals surface area contributed by atoms with Gasteiger partial charge in [0.2, 0.25) is 0 Å². The van der Waals surface area contributed by atoms with Gasteiger partial charge in [0.1, 0.15) is 0 Å². The molecule has 1 rings (SSSR count). The summed E-state index contributed by atoms with van der Waals surface area (Å²) in [5.74, 6) is 1.24. The summed E-state index contributed by atoms with van der Waals surface area (Å²) in [5.41, 5.74) is 0. The average molecular weight is 128 g/mol. The van der Waals surface area contributed by atoms with Gasteiger partial charge >= 0.3 is 0 Å². The molecule has 46 valence electrons. The molecule has 0 spiro atoms. The lowest BCUT2D eigenvalue weighted by molar-refractivity contribution is 0.832. The Labute approximate surface area is 55.4 Å². The van der Waals surface area contributed by atoms with Gasteiger partial charge in [0.15, 0.2) is 0 Å². The zero-order chi connectivity index (χ0) is 5.82. The second kappa shape index (κ2) is 3.18. The van der Waals surface area contributed by atoms with Crippen molar-refractivity contribution in [3.8, 4) is 0 Å². The summed E-state index contributed by atoms with van der Waals surface area (Å²) < 4.78 is 0. The SMILES string of the molecule is CCCC1C=CCS1. The van der Waals surface area contributed by atoms with Crippen LogP contribution in [0, 0.1) is 0 Å². The molecule has 1 aliphatic heterocycles. The summed E-state index contributed by atoms with van der Waals surface area (Å²) in [7, 11) is 0. The minimum absolute atomic E-state index is 0.847. The lowest BCUT2D eigenvalue weighted by Gasteiger charge is -2.01. The molecule has 1 aliphatic rings. The smallest absolute Gasteiger partial charge is 0.0230 e. The molecule has 1 unspecified atom stereocenters. The summed E-state index contributed by atoms with van der Waals surface area (Å²) >= 11 is 2.06. The summed E-state index contributed by atoms with van der Waals surface area (Å²) in [5, 5.41) is 0.847. The van der Waals surface area contributed by atoms with Crippen molar-refractivity contribution in [2.24, 2.45) is 0 Å². The van der Waals surface area contributed by atoms with E-state index >= 15 is 0 Å². The molecule has 0 nitrogen and oxygen atoms in total. The molecule has 1 heteroatoms. The highest BCUT2D eigenvalue weighted by Gasteiger charge is 2.06. The molecule has 0 fully saturated rings. The lowest BCUT2D eigenvalue weighted by Crippen LogP contribution is -1.91. The third-order valence-electron chi connectivity index (χ3n) is 1.33. The number of rotatable bonds is 2. The van der Waals surface area contributed by atoms with Crippen LogP contribution in [0.2, 0.25) is 0 Å². The second-order valence-corrected chi connectivity index (χ2v) is 3.36. The van der Waals surface area contributed by atoms with E-state index < -0.39 is 0 Å². The minimum atomic E-state index is 0.847. The van der Waals surface area contributed by atoms with Crippen molar-refractivity contribution in [3.05, 3.63) is 12.2 Å². The fraction of sp³-hybridized carbons (Fsp3) is 0.714. The summed E-state index contributed by atoms with van der Waals surface area (Å²) in [4.78, 5) is 0. The molecule has 0 N–H and O–H groups in total. The van der Waals surface area contributed by atoms with Crippen molar-refractivity contribution in [3.63, 3.8) is 0 Å². The van der Waals surface area contributed by atoms with E-state index in [0.717, 1.165) is 5.25 Å². The Hall–Kier alpha value is 0.0900. The van der Waals surface area contributed by atoms with Gasteiger partial charge in [-0.15, -0.1) is 0 Å². The van der Waals surface area contributed by atoms with Crippen molar-refractivity contribution in [1.82, 2.24) is 0 Å². The molecule has 0 aromatic heterocycles. The molecule has 1 heterocycles. The predicted molar refractivity (Wildman–Crippen MR) is 40.3 cm³/mol. The maximum Gasteiger partial charge on any atom is 0.0230 e. The normalized spacial score (nSPS) is 26.9. The minimum Gasteiger partial charge on any atom is -0.150 e. The molecule has 1 atom stereocenters. The third kappa shape index (κ3) is 1.55. The van der Waals surface area contributed by atoms with Crippen molar-refractivity contribution in [2.45, 2.75) is 25.0 Å².